The van der Waals surface area contributed by atoms with Crippen LogP contribution in [-0.2, 0) is 17.6 Å². The Balaban J connectivity index is 1.90. The minimum absolute atomic E-state index is 0.266. The van der Waals surface area contributed by atoms with Gasteiger partial charge in [-0.2, -0.15) is 13.2 Å². The minimum Gasteiger partial charge on any atom is -0.361 e. The van der Waals surface area contributed by atoms with E-state index < -0.39 is 20.1 Å². The third-order valence-corrected chi connectivity index (χ3v) is 5.45. The Bertz CT molecular complexity index is 863. The molecule has 0 atom stereocenters. The first-order valence-corrected chi connectivity index (χ1v) is 11.3. The lowest BCUT2D eigenvalue weighted by molar-refractivity contribution is -0.145. The Hall–Kier alpha value is -1.87. The highest BCUT2D eigenvalue weighted by Gasteiger charge is 2.36. The van der Waals surface area contributed by atoms with E-state index in [-0.39, 0.29) is 6.73 Å². The van der Waals surface area contributed by atoms with Crippen LogP contribution in [0.3, 0.4) is 0 Å². The predicted octanol–water partition coefficient (Wildman–Crippen LogP) is 4.02. The van der Waals surface area contributed by atoms with Gasteiger partial charge in [0.15, 0.2) is 5.65 Å². The van der Waals surface area contributed by atoms with Crippen LogP contribution in [0.5, 0.6) is 0 Å². The molecular formula is C15H19F3N4OSi. The Labute approximate surface area is 138 Å². The summed E-state index contributed by atoms with van der Waals surface area (Å²) in [5.41, 5.74) is 1.12. The van der Waals surface area contributed by atoms with E-state index in [4.69, 9.17) is 4.74 Å². The number of hydrogen-bond acceptors (Lipinski definition) is 3. The van der Waals surface area contributed by atoms with Gasteiger partial charge in [-0.05, 0) is 12.1 Å². The average molecular weight is 356 g/mol. The molecule has 0 saturated carbocycles. The smallest absolute Gasteiger partial charge is 0.361 e. The number of nitrogens with zero attached hydrogens (tertiary/aromatic N) is 4. The maximum Gasteiger partial charge on any atom is 0.450 e. The van der Waals surface area contributed by atoms with Crippen LogP contribution in [0.25, 0.3) is 16.7 Å². The van der Waals surface area contributed by atoms with Crippen LogP contribution in [-0.4, -0.2) is 33.6 Å². The van der Waals surface area contributed by atoms with Crippen LogP contribution in [0.15, 0.2) is 24.7 Å². The van der Waals surface area contributed by atoms with E-state index >= 15 is 0 Å². The Morgan fingerprint density at radius 3 is 2.54 bits per heavy atom. The molecule has 0 radical (unpaired) electrons. The maximum atomic E-state index is 13.1. The number of alkyl halides is 3. The molecule has 3 rings (SSSR count). The fourth-order valence-electron chi connectivity index (χ4n) is 2.45. The van der Waals surface area contributed by atoms with Gasteiger partial charge in [0.25, 0.3) is 0 Å². The summed E-state index contributed by atoms with van der Waals surface area (Å²) in [6, 6.07) is 2.64. The van der Waals surface area contributed by atoms with Gasteiger partial charge in [-0.3, -0.25) is 4.40 Å². The summed E-state index contributed by atoms with van der Waals surface area (Å²) in [5.74, 6) is -0.942. The largest absolute Gasteiger partial charge is 0.450 e. The number of hydrogen-bond donors (Lipinski definition) is 0. The van der Waals surface area contributed by atoms with E-state index in [1.54, 1.807) is 16.8 Å². The molecule has 0 fully saturated rings. The molecule has 3 aromatic heterocycles. The lowest BCUT2D eigenvalue weighted by Gasteiger charge is -2.15. The van der Waals surface area contributed by atoms with Gasteiger partial charge >= 0.3 is 6.18 Å². The molecule has 0 saturated heterocycles. The number of ether oxygens (including phenoxy) is 1. The molecule has 0 spiro atoms. The molecule has 3 heterocycles. The molecular weight excluding hydrogens is 337 g/mol. The molecule has 0 amide bonds. The van der Waals surface area contributed by atoms with Crippen LogP contribution in [0.4, 0.5) is 13.2 Å². The van der Waals surface area contributed by atoms with E-state index in [1.807, 2.05) is 0 Å². The van der Waals surface area contributed by atoms with Gasteiger partial charge in [0.1, 0.15) is 6.73 Å². The lowest BCUT2D eigenvalue weighted by atomic mass is 10.4. The van der Waals surface area contributed by atoms with Gasteiger partial charge in [-0.15, -0.1) is 0 Å². The first kappa shape index (κ1) is 17.0. The molecule has 0 aliphatic heterocycles. The second-order valence-corrected chi connectivity index (χ2v) is 12.6. The monoisotopic (exact) mass is 356 g/mol. The summed E-state index contributed by atoms with van der Waals surface area (Å²) < 4.78 is 47.8. The van der Waals surface area contributed by atoms with Crippen molar-refractivity contribution in [2.45, 2.75) is 38.6 Å². The van der Waals surface area contributed by atoms with E-state index in [9.17, 15) is 13.2 Å². The third kappa shape index (κ3) is 3.32. The molecule has 24 heavy (non-hydrogen) atoms. The molecule has 0 unspecified atom stereocenters. The lowest BCUT2D eigenvalue weighted by Crippen LogP contribution is -2.22. The van der Waals surface area contributed by atoms with E-state index in [0.717, 1.165) is 10.4 Å². The molecule has 0 aromatic carbocycles. The van der Waals surface area contributed by atoms with Crippen LogP contribution < -0.4 is 0 Å². The van der Waals surface area contributed by atoms with Crippen molar-refractivity contribution in [1.82, 2.24) is 18.9 Å². The van der Waals surface area contributed by atoms with E-state index in [2.05, 4.69) is 29.6 Å². The third-order valence-electron chi connectivity index (χ3n) is 3.74. The number of aromatic nitrogens is 4. The van der Waals surface area contributed by atoms with Crippen molar-refractivity contribution >= 4 is 24.8 Å². The van der Waals surface area contributed by atoms with E-state index in [0.29, 0.717) is 23.3 Å². The van der Waals surface area contributed by atoms with Crippen molar-refractivity contribution in [3.63, 3.8) is 0 Å². The van der Waals surface area contributed by atoms with Crippen molar-refractivity contribution in [1.29, 1.82) is 0 Å². The van der Waals surface area contributed by atoms with Gasteiger partial charge in [0.2, 0.25) is 5.82 Å². The molecule has 0 N–H and O–H groups in total. The van der Waals surface area contributed by atoms with Crippen molar-refractivity contribution in [3.8, 4) is 0 Å². The predicted molar refractivity (Wildman–Crippen MR) is 87.6 cm³/mol. The van der Waals surface area contributed by atoms with Crippen LogP contribution in [0, 0.1) is 0 Å². The highest BCUT2D eigenvalue weighted by Crippen LogP contribution is 2.30. The number of fused-ring (bicyclic) bond motifs is 3. The summed E-state index contributed by atoms with van der Waals surface area (Å²) >= 11 is 0. The van der Waals surface area contributed by atoms with Crippen LogP contribution >= 0.6 is 0 Å². The Morgan fingerprint density at radius 2 is 1.88 bits per heavy atom. The van der Waals surface area contributed by atoms with Gasteiger partial charge in [0, 0.05) is 20.9 Å². The van der Waals surface area contributed by atoms with Crippen molar-refractivity contribution in [3.05, 3.63) is 30.5 Å². The second-order valence-electron chi connectivity index (χ2n) is 6.94. The first-order chi connectivity index (χ1) is 11.2. The van der Waals surface area contributed by atoms with Crippen molar-refractivity contribution in [2.24, 2.45) is 0 Å². The van der Waals surface area contributed by atoms with Gasteiger partial charge in [-0.1, -0.05) is 19.6 Å². The molecule has 0 aliphatic rings. The molecule has 9 heteroatoms. The summed E-state index contributed by atoms with van der Waals surface area (Å²) in [7, 11) is -1.18. The average Bonchev–Trinajstić information content (AvgIpc) is 3.05. The van der Waals surface area contributed by atoms with Crippen molar-refractivity contribution < 1.29 is 17.9 Å². The zero-order valence-corrected chi connectivity index (χ0v) is 14.8. The molecule has 0 aliphatic carbocycles. The molecule has 3 aromatic rings. The highest BCUT2D eigenvalue weighted by molar-refractivity contribution is 6.76. The number of rotatable bonds is 5. The topological polar surface area (TPSA) is 44.3 Å². The standard InChI is InChI=1S/C15H19F3N4OSi/c1-24(2,3)7-6-23-10-21-5-4-12-13(21)19-8-11-9-20-14(22(11)12)15(16,17)18/h4-5,8-9H,6-7,10H2,1-3H3. The summed E-state index contributed by atoms with van der Waals surface area (Å²) in [6.07, 6.45) is -0.261. The summed E-state index contributed by atoms with van der Waals surface area (Å²) in [4.78, 5) is 7.75. The maximum absolute atomic E-state index is 13.1. The molecule has 130 valence electrons. The zero-order chi connectivity index (χ0) is 17.5. The van der Waals surface area contributed by atoms with Crippen LogP contribution in [0.2, 0.25) is 25.7 Å². The van der Waals surface area contributed by atoms with Gasteiger partial charge < -0.3 is 9.30 Å². The fourth-order valence-corrected chi connectivity index (χ4v) is 3.21. The minimum atomic E-state index is -4.52. The summed E-state index contributed by atoms with van der Waals surface area (Å²) in [6.45, 7) is 7.69. The normalized spacial score (nSPS) is 13.2. The van der Waals surface area contributed by atoms with Gasteiger partial charge in [-0.25, -0.2) is 9.97 Å². The van der Waals surface area contributed by atoms with Crippen molar-refractivity contribution in [2.75, 3.05) is 6.61 Å². The highest BCUT2D eigenvalue weighted by atomic mass is 28.3. The zero-order valence-electron chi connectivity index (χ0n) is 13.8. The first-order valence-electron chi connectivity index (χ1n) is 7.63. The summed E-state index contributed by atoms with van der Waals surface area (Å²) in [5, 5.41) is 0. The van der Waals surface area contributed by atoms with Crippen LogP contribution in [0.1, 0.15) is 5.82 Å². The van der Waals surface area contributed by atoms with Gasteiger partial charge in [0.05, 0.1) is 23.4 Å². The Kier molecular flexibility index (Phi) is 4.16. The number of imidazole rings is 1. The second kappa shape index (κ2) is 5.89. The Morgan fingerprint density at radius 1 is 1.17 bits per heavy atom. The SMILES string of the molecule is C[Si](C)(C)CCOCn1ccc2c1ncc1cnc(C(F)(F)F)n12. The molecule has 0 bridgehead atoms. The quantitative estimate of drug-likeness (QED) is 0.512. The molecule has 5 nitrogen and oxygen atoms in total. The van der Waals surface area contributed by atoms with E-state index in [1.165, 1.54) is 12.4 Å². The fraction of sp³-hybridized carbons (Fsp3) is 0.467. The number of halogens is 3.